The van der Waals surface area contributed by atoms with Gasteiger partial charge in [-0.25, -0.2) is 0 Å². The Balaban J connectivity index is 1.35. The third kappa shape index (κ3) is 7.85. The Hall–Kier alpha value is -5.47. The monoisotopic (exact) mass is 661 g/mol. The van der Waals surface area contributed by atoms with Crippen molar-refractivity contribution in [2.45, 2.75) is 25.6 Å². The van der Waals surface area contributed by atoms with E-state index in [9.17, 15) is 27.6 Å². The van der Waals surface area contributed by atoms with Crippen molar-refractivity contribution in [3.8, 4) is 23.3 Å². The molecule has 0 saturated heterocycles. The molecule has 4 aromatic rings. The molecular weight excluding hydrogens is 635 g/mol. The lowest BCUT2D eigenvalue weighted by Gasteiger charge is -2.18. The van der Waals surface area contributed by atoms with E-state index in [0.717, 1.165) is 12.1 Å². The van der Waals surface area contributed by atoms with Gasteiger partial charge in [-0.15, -0.1) is 0 Å². The lowest BCUT2D eigenvalue weighted by molar-refractivity contribution is -0.137. The van der Waals surface area contributed by atoms with Crippen LogP contribution in [0.15, 0.2) is 78.9 Å². The minimum absolute atomic E-state index is 0.0608. The van der Waals surface area contributed by atoms with E-state index in [1.54, 1.807) is 61.5 Å². The van der Waals surface area contributed by atoms with E-state index in [0.29, 0.717) is 39.3 Å². The largest absolute Gasteiger partial charge is 0.454 e. The Morgan fingerprint density at radius 2 is 1.62 bits per heavy atom. The minimum atomic E-state index is -4.63. The van der Waals surface area contributed by atoms with E-state index >= 15 is 0 Å². The Morgan fingerprint density at radius 3 is 2.38 bits per heavy atom. The normalized spacial score (nSPS) is 12.4. The van der Waals surface area contributed by atoms with Gasteiger partial charge in [-0.2, -0.15) is 13.2 Å². The van der Waals surface area contributed by atoms with Crippen molar-refractivity contribution < 1.29 is 37.0 Å². The molecule has 1 heterocycles. The lowest BCUT2D eigenvalue weighted by atomic mass is 9.98. The molecule has 0 unspecified atom stereocenters. The number of fused-ring (bicyclic) bond motifs is 1. The van der Waals surface area contributed by atoms with Crippen LogP contribution in [-0.2, 0) is 17.4 Å². The van der Waals surface area contributed by atoms with Crippen molar-refractivity contribution in [2.75, 3.05) is 19.2 Å². The van der Waals surface area contributed by atoms with Crippen LogP contribution in [0.25, 0.3) is 0 Å². The van der Waals surface area contributed by atoms with Crippen LogP contribution in [0.4, 0.5) is 18.9 Å². The van der Waals surface area contributed by atoms with E-state index in [-0.39, 0.29) is 29.5 Å². The molecule has 0 aromatic heterocycles. The zero-order valence-corrected chi connectivity index (χ0v) is 25.8. The number of ether oxygens (including phenoxy) is 2. The van der Waals surface area contributed by atoms with Gasteiger partial charge >= 0.3 is 6.18 Å². The van der Waals surface area contributed by atoms with Crippen LogP contribution in [-0.4, -0.2) is 37.6 Å². The molecule has 47 heavy (non-hydrogen) atoms. The molecular formula is C35H27ClF3N3O5. The Bertz CT molecular complexity index is 1930. The molecule has 8 nitrogen and oxygen atoms in total. The van der Waals surface area contributed by atoms with E-state index in [1.807, 2.05) is 0 Å². The van der Waals surface area contributed by atoms with Crippen LogP contribution >= 0.6 is 11.6 Å². The van der Waals surface area contributed by atoms with Gasteiger partial charge in [0.05, 0.1) is 5.56 Å². The SMILES string of the molecule is CNC(=O)[C@@H](Cc1ccccc1C#Cc1cccc(C(=O)Nc2cc(Cl)cc(C(F)(F)F)c2)c1C)NC(=O)c1ccc2c(c1)OCO2. The zero-order chi connectivity index (χ0) is 33.7. The number of rotatable bonds is 7. The molecule has 4 aromatic carbocycles. The zero-order valence-electron chi connectivity index (χ0n) is 25.1. The van der Waals surface area contributed by atoms with Crippen molar-refractivity contribution in [1.29, 1.82) is 0 Å². The standard InChI is InChI=1S/C35H27ClF3N3O5/c1-20-21(8-5-9-28(20)33(44)41-27-17-25(35(37,38)39)16-26(36)18-27)10-11-22-6-3-4-7-23(22)14-29(34(45)40-2)42-32(43)24-12-13-30-31(15-24)47-19-46-30/h3-9,12-13,15-18,29H,14,19H2,1-2H3,(H,40,45)(H,41,44)(H,42,43)/t29-/m1/s1. The first-order valence-corrected chi connectivity index (χ1v) is 14.6. The summed E-state index contributed by atoms with van der Waals surface area (Å²) in [6.07, 6.45) is -4.51. The summed E-state index contributed by atoms with van der Waals surface area (Å²) in [5.41, 5.74) is 1.72. The maximum Gasteiger partial charge on any atom is 0.416 e. The van der Waals surface area contributed by atoms with E-state index < -0.39 is 35.5 Å². The van der Waals surface area contributed by atoms with Gasteiger partial charge in [0.1, 0.15) is 6.04 Å². The highest BCUT2D eigenvalue weighted by molar-refractivity contribution is 6.31. The number of carbonyl (C=O) groups excluding carboxylic acids is 3. The maximum atomic E-state index is 13.2. The van der Waals surface area contributed by atoms with Gasteiger partial charge in [0.25, 0.3) is 11.8 Å². The number of hydrogen-bond acceptors (Lipinski definition) is 5. The first kappa shape index (κ1) is 32.9. The van der Waals surface area contributed by atoms with Gasteiger partial charge < -0.3 is 25.4 Å². The van der Waals surface area contributed by atoms with Crippen molar-refractivity contribution in [1.82, 2.24) is 10.6 Å². The van der Waals surface area contributed by atoms with E-state index in [1.165, 1.54) is 19.2 Å². The van der Waals surface area contributed by atoms with Gasteiger partial charge in [-0.05, 0) is 72.6 Å². The van der Waals surface area contributed by atoms with Crippen molar-refractivity contribution in [3.63, 3.8) is 0 Å². The summed E-state index contributed by atoms with van der Waals surface area (Å²) in [6, 6.07) is 18.6. The molecule has 0 spiro atoms. The van der Waals surface area contributed by atoms with E-state index in [2.05, 4.69) is 27.8 Å². The van der Waals surface area contributed by atoms with Crippen LogP contribution < -0.4 is 25.4 Å². The van der Waals surface area contributed by atoms with Crippen LogP contribution in [0, 0.1) is 18.8 Å². The maximum absolute atomic E-state index is 13.2. The van der Waals surface area contributed by atoms with Gasteiger partial charge in [-0.3, -0.25) is 14.4 Å². The third-order valence-corrected chi connectivity index (χ3v) is 7.56. The lowest BCUT2D eigenvalue weighted by Crippen LogP contribution is -2.47. The molecule has 3 N–H and O–H groups in total. The molecule has 0 aliphatic carbocycles. The summed E-state index contributed by atoms with van der Waals surface area (Å²) in [6.45, 7) is 1.74. The average Bonchev–Trinajstić information content (AvgIpc) is 3.51. The predicted molar refractivity (Wildman–Crippen MR) is 170 cm³/mol. The van der Waals surface area contributed by atoms with Crippen LogP contribution in [0.5, 0.6) is 11.5 Å². The van der Waals surface area contributed by atoms with Crippen molar-refractivity contribution in [3.05, 3.63) is 123 Å². The molecule has 0 saturated carbocycles. The topological polar surface area (TPSA) is 106 Å². The number of hydrogen-bond donors (Lipinski definition) is 3. The molecule has 1 aliphatic rings. The number of nitrogens with one attached hydrogen (secondary N) is 3. The fraction of sp³-hybridized carbons (Fsp3) is 0.171. The molecule has 1 aliphatic heterocycles. The second kappa shape index (κ2) is 13.9. The quantitative estimate of drug-likeness (QED) is 0.207. The number of likely N-dealkylation sites (N-methyl/N-ethyl adjacent to an activating group) is 1. The number of benzene rings is 4. The first-order valence-electron chi connectivity index (χ1n) is 14.2. The summed E-state index contributed by atoms with van der Waals surface area (Å²) in [5.74, 6) is 5.61. The van der Waals surface area contributed by atoms with Crippen LogP contribution in [0.3, 0.4) is 0 Å². The number of halogens is 4. The molecule has 1 atom stereocenters. The molecule has 240 valence electrons. The third-order valence-electron chi connectivity index (χ3n) is 7.34. The van der Waals surface area contributed by atoms with Crippen molar-refractivity contribution >= 4 is 35.0 Å². The summed E-state index contributed by atoms with van der Waals surface area (Å²) in [4.78, 5) is 39.0. The highest BCUT2D eigenvalue weighted by Gasteiger charge is 2.31. The number of amides is 3. The van der Waals surface area contributed by atoms with Gasteiger partial charge in [-0.1, -0.05) is 47.7 Å². The van der Waals surface area contributed by atoms with Crippen molar-refractivity contribution in [2.24, 2.45) is 0 Å². The summed E-state index contributed by atoms with van der Waals surface area (Å²) < 4.78 is 50.4. The predicted octanol–water partition coefficient (Wildman–Crippen LogP) is 6.14. The summed E-state index contributed by atoms with van der Waals surface area (Å²) in [5, 5.41) is 7.67. The van der Waals surface area contributed by atoms with Gasteiger partial charge in [0, 0.05) is 46.4 Å². The summed E-state index contributed by atoms with van der Waals surface area (Å²) in [7, 11) is 1.47. The average molecular weight is 662 g/mol. The number of alkyl halides is 3. The highest BCUT2D eigenvalue weighted by Crippen LogP contribution is 2.34. The van der Waals surface area contributed by atoms with Crippen LogP contribution in [0.1, 0.15) is 48.5 Å². The number of anilines is 1. The molecule has 3 amide bonds. The number of carbonyl (C=O) groups is 3. The molecule has 5 rings (SSSR count). The second-order valence-electron chi connectivity index (χ2n) is 10.5. The van der Waals surface area contributed by atoms with E-state index in [4.69, 9.17) is 21.1 Å². The molecule has 12 heteroatoms. The Labute approximate surface area is 273 Å². The second-order valence-corrected chi connectivity index (χ2v) is 10.9. The fourth-order valence-corrected chi connectivity index (χ4v) is 5.11. The van der Waals surface area contributed by atoms with Gasteiger partial charge in [0.2, 0.25) is 12.7 Å². The highest BCUT2D eigenvalue weighted by atomic mass is 35.5. The van der Waals surface area contributed by atoms with Crippen LogP contribution in [0.2, 0.25) is 5.02 Å². The fourth-order valence-electron chi connectivity index (χ4n) is 4.88. The smallest absolute Gasteiger partial charge is 0.416 e. The first-order chi connectivity index (χ1) is 22.4. The Kier molecular flexibility index (Phi) is 9.72. The molecule has 0 bridgehead atoms. The Morgan fingerprint density at radius 1 is 0.894 bits per heavy atom. The van der Waals surface area contributed by atoms with Gasteiger partial charge in [0.15, 0.2) is 11.5 Å². The summed E-state index contributed by atoms with van der Waals surface area (Å²) >= 11 is 5.86. The minimum Gasteiger partial charge on any atom is -0.454 e. The molecule has 0 radical (unpaired) electrons. The molecule has 0 fully saturated rings.